The molecule has 83 heavy (non-hydrogen) atoms. The van der Waals surface area contributed by atoms with Crippen LogP contribution in [-0.2, 0) is 0 Å². The number of benzene rings is 13. The van der Waals surface area contributed by atoms with Crippen molar-refractivity contribution in [2.45, 2.75) is 0 Å². The Balaban J connectivity index is 0.913. The molecule has 0 aliphatic rings. The van der Waals surface area contributed by atoms with Crippen LogP contribution in [0.3, 0.4) is 0 Å². The molecule has 390 valence electrons. The first-order chi connectivity index (χ1) is 41.2. The van der Waals surface area contributed by atoms with E-state index in [1.165, 1.54) is 54.8 Å². The van der Waals surface area contributed by atoms with Crippen LogP contribution in [0.2, 0.25) is 0 Å². The summed E-state index contributed by atoms with van der Waals surface area (Å²) in [6.45, 7) is 0. The molecule has 3 heterocycles. The summed E-state index contributed by atoms with van der Waals surface area (Å²) in [5.74, 6) is 0. The van der Waals surface area contributed by atoms with Gasteiger partial charge < -0.3 is 23.5 Å². The maximum atomic E-state index is 2.43. The van der Waals surface area contributed by atoms with Gasteiger partial charge in [0.1, 0.15) is 0 Å². The molecule has 16 rings (SSSR count). The summed E-state index contributed by atoms with van der Waals surface area (Å²) in [7, 11) is 0. The Morgan fingerprint density at radius 1 is 0.169 bits per heavy atom. The predicted molar refractivity (Wildman–Crippen MR) is 350 cm³/mol. The molecule has 16 aromatic rings. The number of para-hydroxylation sites is 5. The highest BCUT2D eigenvalue weighted by atomic mass is 15.2. The van der Waals surface area contributed by atoms with Crippen molar-refractivity contribution >= 4 is 99.5 Å². The molecule has 0 amide bonds. The van der Waals surface area contributed by atoms with Crippen LogP contribution in [0.4, 0.5) is 34.1 Å². The van der Waals surface area contributed by atoms with Gasteiger partial charge in [-0.2, -0.15) is 0 Å². The van der Waals surface area contributed by atoms with Crippen molar-refractivity contribution in [3.8, 4) is 39.3 Å². The average molecular weight is 1060 g/mol. The van der Waals surface area contributed by atoms with Crippen LogP contribution < -0.4 is 9.80 Å². The van der Waals surface area contributed by atoms with Gasteiger partial charge in [0.05, 0.1) is 33.1 Å². The second-order valence-corrected chi connectivity index (χ2v) is 21.3. The topological polar surface area (TPSA) is 21.3 Å². The normalized spacial score (nSPS) is 11.6. The summed E-state index contributed by atoms with van der Waals surface area (Å²) in [6, 6.07) is 117. The number of aromatic nitrogens is 3. The molecule has 13 aromatic carbocycles. The lowest BCUT2D eigenvalue weighted by molar-refractivity contribution is 1.18. The van der Waals surface area contributed by atoms with Gasteiger partial charge >= 0.3 is 0 Å². The first-order valence-electron chi connectivity index (χ1n) is 28.4. The van der Waals surface area contributed by atoms with E-state index in [1.807, 2.05) is 0 Å². The summed E-state index contributed by atoms with van der Waals surface area (Å²) in [4.78, 5) is 4.86. The molecule has 0 aliphatic heterocycles. The van der Waals surface area contributed by atoms with Crippen LogP contribution in [0.1, 0.15) is 0 Å². The van der Waals surface area contributed by atoms with E-state index in [0.29, 0.717) is 0 Å². The first-order valence-corrected chi connectivity index (χ1v) is 28.4. The Kier molecular flexibility index (Phi) is 11.5. The maximum absolute atomic E-state index is 2.43. The van der Waals surface area contributed by atoms with Crippen molar-refractivity contribution in [3.05, 3.63) is 322 Å². The van der Waals surface area contributed by atoms with Gasteiger partial charge in [0.15, 0.2) is 0 Å². The highest BCUT2D eigenvalue weighted by Crippen LogP contribution is 2.46. The predicted octanol–water partition coefficient (Wildman–Crippen LogP) is 21.3. The highest BCUT2D eigenvalue weighted by molar-refractivity contribution is 6.14. The quantitative estimate of drug-likeness (QED) is 0.129. The van der Waals surface area contributed by atoms with E-state index in [4.69, 9.17) is 0 Å². The van der Waals surface area contributed by atoms with E-state index < -0.39 is 0 Å². The van der Waals surface area contributed by atoms with Crippen LogP contribution in [-0.4, -0.2) is 13.7 Å². The Bertz CT molecular complexity index is 4740. The van der Waals surface area contributed by atoms with Crippen LogP contribution in [0.15, 0.2) is 322 Å². The molecular formula is C78H53N5. The largest absolute Gasteiger partial charge is 0.310 e. The molecule has 0 fully saturated rings. The molecule has 0 bridgehead atoms. The van der Waals surface area contributed by atoms with Crippen molar-refractivity contribution < 1.29 is 0 Å². The number of anilines is 6. The number of hydrogen-bond acceptors (Lipinski definition) is 2. The molecule has 0 spiro atoms. The Morgan fingerprint density at radius 3 is 0.711 bits per heavy atom. The lowest BCUT2D eigenvalue weighted by atomic mass is 10.0. The maximum Gasteiger partial charge on any atom is 0.0542 e. The van der Waals surface area contributed by atoms with E-state index in [0.717, 1.165) is 84.0 Å². The third kappa shape index (κ3) is 8.16. The van der Waals surface area contributed by atoms with E-state index in [1.54, 1.807) is 0 Å². The van der Waals surface area contributed by atoms with Crippen molar-refractivity contribution in [3.63, 3.8) is 0 Å². The molecule has 0 saturated heterocycles. The molecular weight excluding hydrogens is 1010 g/mol. The molecule has 0 unspecified atom stereocenters. The SMILES string of the molecule is c1ccc(-c2ccc(N(c3ccc4c(c3)c3ccccc3n4-c3ccccc3)c3ccc4c(c3)c3cc(N(c5ccc(-c6ccccc6)cc5)c5ccc6c(c5)c5ccccc5n6-c5ccccc5)ccc3n4-c3ccccc3)cc2)cc1. The number of rotatable bonds is 11. The fourth-order valence-corrected chi connectivity index (χ4v) is 12.8. The van der Waals surface area contributed by atoms with Gasteiger partial charge in [-0.1, -0.05) is 176 Å². The molecule has 5 heteroatoms. The highest BCUT2D eigenvalue weighted by Gasteiger charge is 2.23. The zero-order valence-electron chi connectivity index (χ0n) is 45.3. The van der Waals surface area contributed by atoms with Gasteiger partial charge in [-0.25, -0.2) is 0 Å². The Morgan fingerprint density at radius 2 is 0.398 bits per heavy atom. The van der Waals surface area contributed by atoms with Crippen LogP contribution in [0.5, 0.6) is 0 Å². The first kappa shape index (κ1) is 47.8. The van der Waals surface area contributed by atoms with Gasteiger partial charge in [0.25, 0.3) is 0 Å². The second kappa shape index (κ2) is 19.9. The van der Waals surface area contributed by atoms with Crippen molar-refractivity contribution in [2.75, 3.05) is 9.80 Å². The lowest BCUT2D eigenvalue weighted by Gasteiger charge is -2.26. The zero-order chi connectivity index (χ0) is 54.8. The molecule has 5 nitrogen and oxygen atoms in total. The van der Waals surface area contributed by atoms with E-state index >= 15 is 0 Å². The fraction of sp³-hybridized carbons (Fsp3) is 0. The van der Waals surface area contributed by atoms with Gasteiger partial charge in [-0.3, -0.25) is 0 Å². The van der Waals surface area contributed by atoms with Gasteiger partial charge in [0.2, 0.25) is 0 Å². The van der Waals surface area contributed by atoms with Crippen LogP contribution >= 0.6 is 0 Å². The summed E-state index contributed by atoms with van der Waals surface area (Å²) in [5.41, 5.74) is 21.4. The number of fused-ring (bicyclic) bond motifs is 9. The van der Waals surface area contributed by atoms with Crippen molar-refractivity contribution in [1.82, 2.24) is 13.7 Å². The standard InChI is InChI=1S/C78H53N5/c1-6-20-54(21-7-1)56-34-38-61(39-35-56)79(63-42-46-75-69(50-63)67-30-16-18-32-73(67)81(75)58-24-10-3-11-25-58)65-44-48-77-71(52-65)72-53-66(45-49-78(72)83(77)60-28-14-5-15-29-60)80(62-40-36-57(37-41-62)55-22-8-2-9-23-55)64-43-47-76-70(51-64)68-31-17-19-33-74(68)82(76)59-26-12-4-13-27-59/h1-53H. The monoisotopic (exact) mass is 1060 g/mol. The third-order valence-electron chi connectivity index (χ3n) is 16.6. The van der Waals surface area contributed by atoms with Crippen molar-refractivity contribution in [2.24, 2.45) is 0 Å². The summed E-state index contributed by atoms with van der Waals surface area (Å²) in [6.07, 6.45) is 0. The molecule has 0 atom stereocenters. The van der Waals surface area contributed by atoms with Gasteiger partial charge in [0, 0.05) is 83.5 Å². The van der Waals surface area contributed by atoms with Gasteiger partial charge in [-0.15, -0.1) is 0 Å². The zero-order valence-corrected chi connectivity index (χ0v) is 45.3. The molecule has 3 aromatic heterocycles. The summed E-state index contributed by atoms with van der Waals surface area (Å²) < 4.78 is 7.19. The van der Waals surface area contributed by atoms with Crippen LogP contribution in [0, 0.1) is 0 Å². The van der Waals surface area contributed by atoms with E-state index in [2.05, 4.69) is 345 Å². The molecule has 0 radical (unpaired) electrons. The molecule has 0 saturated carbocycles. The minimum Gasteiger partial charge on any atom is -0.310 e. The average Bonchev–Trinajstić information content (AvgIpc) is 3.48. The Labute approximate surface area is 481 Å². The minimum absolute atomic E-state index is 1.06. The molecule has 0 aliphatic carbocycles. The summed E-state index contributed by atoms with van der Waals surface area (Å²) >= 11 is 0. The van der Waals surface area contributed by atoms with E-state index in [-0.39, 0.29) is 0 Å². The lowest BCUT2D eigenvalue weighted by Crippen LogP contribution is -2.10. The fourth-order valence-electron chi connectivity index (χ4n) is 12.8. The van der Waals surface area contributed by atoms with E-state index in [9.17, 15) is 0 Å². The smallest absolute Gasteiger partial charge is 0.0542 e. The number of hydrogen-bond donors (Lipinski definition) is 0. The number of nitrogens with zero attached hydrogens (tertiary/aromatic N) is 5. The Hall–Kier alpha value is -11.1. The second-order valence-electron chi connectivity index (χ2n) is 21.3. The van der Waals surface area contributed by atoms with Crippen LogP contribution in [0.25, 0.3) is 105 Å². The minimum atomic E-state index is 1.06. The van der Waals surface area contributed by atoms with Crippen molar-refractivity contribution in [1.29, 1.82) is 0 Å². The molecule has 0 N–H and O–H groups in total. The van der Waals surface area contributed by atoms with Gasteiger partial charge in [-0.05, 0) is 168 Å². The summed E-state index contributed by atoms with van der Waals surface area (Å²) in [5, 5.41) is 7.11. The third-order valence-corrected chi connectivity index (χ3v) is 16.6.